The molecule has 204 valence electrons. The summed E-state index contributed by atoms with van der Waals surface area (Å²) in [5, 5.41) is 7.71. The molecule has 0 radical (unpaired) electrons. The SMILES string of the molecule is O=C(Cc1noc2ccccc12)Nc1ccc(C2CCN(C(=O)c3cn4cc(C(F)(F)F)ccc4n3)CC2)cc1. The summed E-state index contributed by atoms with van der Waals surface area (Å²) in [6.45, 7) is 1.02. The van der Waals surface area contributed by atoms with Crippen molar-refractivity contribution in [1.82, 2.24) is 19.4 Å². The van der Waals surface area contributed by atoms with E-state index in [0.717, 1.165) is 36.1 Å². The molecule has 2 amide bonds. The Morgan fingerprint density at radius 2 is 1.73 bits per heavy atom. The van der Waals surface area contributed by atoms with Crippen molar-refractivity contribution in [2.24, 2.45) is 0 Å². The number of anilines is 1. The van der Waals surface area contributed by atoms with Crippen LogP contribution in [0.5, 0.6) is 0 Å². The highest BCUT2D eigenvalue weighted by Gasteiger charge is 2.31. The molecule has 5 aromatic rings. The summed E-state index contributed by atoms with van der Waals surface area (Å²) in [4.78, 5) is 31.5. The lowest BCUT2D eigenvalue weighted by molar-refractivity contribution is -0.137. The number of likely N-dealkylation sites (tertiary alicyclic amines) is 1. The molecule has 1 aliphatic rings. The molecule has 3 aromatic heterocycles. The molecule has 40 heavy (non-hydrogen) atoms. The Bertz CT molecular complexity index is 1700. The maximum absolute atomic E-state index is 13.0. The molecular formula is C29H24F3N5O3. The molecule has 2 aromatic carbocycles. The number of benzene rings is 2. The number of nitrogens with zero attached hydrogens (tertiary/aromatic N) is 4. The van der Waals surface area contributed by atoms with Crippen LogP contribution < -0.4 is 5.32 Å². The summed E-state index contributed by atoms with van der Waals surface area (Å²) in [7, 11) is 0. The fourth-order valence-corrected chi connectivity index (χ4v) is 5.10. The minimum absolute atomic E-state index is 0.0983. The smallest absolute Gasteiger partial charge is 0.356 e. The highest BCUT2D eigenvalue weighted by molar-refractivity contribution is 5.95. The molecule has 1 N–H and O–H groups in total. The predicted octanol–water partition coefficient (Wildman–Crippen LogP) is 5.70. The number of fused-ring (bicyclic) bond motifs is 2. The number of carbonyl (C=O) groups is 2. The van der Waals surface area contributed by atoms with Crippen molar-refractivity contribution in [3.8, 4) is 0 Å². The summed E-state index contributed by atoms with van der Waals surface area (Å²) in [5.74, 6) is -0.250. The molecule has 1 fully saturated rings. The van der Waals surface area contributed by atoms with E-state index in [-0.39, 0.29) is 35.5 Å². The quantitative estimate of drug-likeness (QED) is 0.305. The minimum atomic E-state index is -4.47. The van der Waals surface area contributed by atoms with Crippen molar-refractivity contribution in [2.75, 3.05) is 18.4 Å². The van der Waals surface area contributed by atoms with Gasteiger partial charge in [-0.2, -0.15) is 13.2 Å². The number of hydrogen-bond acceptors (Lipinski definition) is 5. The fourth-order valence-electron chi connectivity index (χ4n) is 5.10. The number of hydrogen-bond donors (Lipinski definition) is 1. The van der Waals surface area contributed by atoms with Crippen molar-refractivity contribution < 1.29 is 27.3 Å². The van der Waals surface area contributed by atoms with Crippen LogP contribution in [0.25, 0.3) is 16.6 Å². The molecule has 6 rings (SSSR count). The molecule has 0 atom stereocenters. The van der Waals surface area contributed by atoms with Crippen LogP contribution in [0.3, 0.4) is 0 Å². The molecule has 0 spiro atoms. The summed E-state index contributed by atoms with van der Waals surface area (Å²) in [6.07, 6.45) is -0.613. The monoisotopic (exact) mass is 547 g/mol. The van der Waals surface area contributed by atoms with Gasteiger partial charge in [0.15, 0.2) is 5.58 Å². The van der Waals surface area contributed by atoms with E-state index in [1.165, 1.54) is 16.7 Å². The van der Waals surface area contributed by atoms with E-state index in [0.29, 0.717) is 30.1 Å². The molecule has 1 aliphatic heterocycles. The number of carbonyl (C=O) groups excluding carboxylic acids is 2. The summed E-state index contributed by atoms with van der Waals surface area (Å²) in [6, 6.07) is 17.3. The van der Waals surface area contributed by atoms with Crippen LogP contribution in [0.1, 0.15) is 46.1 Å². The van der Waals surface area contributed by atoms with E-state index >= 15 is 0 Å². The van der Waals surface area contributed by atoms with Gasteiger partial charge in [0.25, 0.3) is 5.91 Å². The van der Waals surface area contributed by atoms with Crippen LogP contribution in [-0.2, 0) is 17.4 Å². The number of amides is 2. The average molecular weight is 548 g/mol. The van der Waals surface area contributed by atoms with Crippen molar-refractivity contribution in [3.63, 3.8) is 0 Å². The van der Waals surface area contributed by atoms with E-state index in [9.17, 15) is 22.8 Å². The van der Waals surface area contributed by atoms with Gasteiger partial charge in [-0.05, 0) is 60.7 Å². The first-order valence-electron chi connectivity index (χ1n) is 12.8. The van der Waals surface area contributed by atoms with Crippen LogP contribution in [0.4, 0.5) is 18.9 Å². The first-order chi connectivity index (χ1) is 19.2. The Morgan fingerprint density at radius 3 is 2.48 bits per heavy atom. The number of imidazole rings is 1. The second-order valence-electron chi connectivity index (χ2n) is 9.85. The topological polar surface area (TPSA) is 92.7 Å². The van der Waals surface area contributed by atoms with Gasteiger partial charge in [-0.1, -0.05) is 29.4 Å². The van der Waals surface area contributed by atoms with Crippen LogP contribution in [0.15, 0.2) is 77.6 Å². The van der Waals surface area contributed by atoms with Gasteiger partial charge in [-0.3, -0.25) is 9.59 Å². The molecular weight excluding hydrogens is 523 g/mol. The van der Waals surface area contributed by atoms with Gasteiger partial charge >= 0.3 is 6.18 Å². The van der Waals surface area contributed by atoms with Gasteiger partial charge in [0.1, 0.15) is 17.0 Å². The van der Waals surface area contributed by atoms with Crippen molar-refractivity contribution in [1.29, 1.82) is 0 Å². The largest absolute Gasteiger partial charge is 0.417 e. The normalized spacial score (nSPS) is 14.6. The second kappa shape index (κ2) is 10.1. The van der Waals surface area contributed by atoms with Crippen LogP contribution in [0.2, 0.25) is 0 Å². The maximum Gasteiger partial charge on any atom is 0.417 e. The Morgan fingerprint density at radius 1 is 0.975 bits per heavy atom. The Hall–Kier alpha value is -4.67. The lowest BCUT2D eigenvalue weighted by Gasteiger charge is -2.32. The van der Waals surface area contributed by atoms with Gasteiger partial charge in [0.05, 0.1) is 12.0 Å². The molecule has 11 heteroatoms. The van der Waals surface area contributed by atoms with E-state index in [4.69, 9.17) is 4.52 Å². The second-order valence-corrected chi connectivity index (χ2v) is 9.85. The maximum atomic E-state index is 13.0. The molecule has 0 aliphatic carbocycles. The third-order valence-corrected chi connectivity index (χ3v) is 7.23. The van der Waals surface area contributed by atoms with Gasteiger partial charge in [-0.25, -0.2) is 4.98 Å². The number of aromatic nitrogens is 3. The molecule has 0 saturated carbocycles. The molecule has 4 heterocycles. The number of pyridine rings is 1. The number of piperidine rings is 1. The molecule has 8 nitrogen and oxygen atoms in total. The van der Waals surface area contributed by atoms with Gasteiger partial charge in [0.2, 0.25) is 5.91 Å². The Kier molecular flexibility index (Phi) is 6.49. The first-order valence-corrected chi connectivity index (χ1v) is 12.8. The first kappa shape index (κ1) is 25.6. The van der Waals surface area contributed by atoms with E-state index in [2.05, 4.69) is 15.5 Å². The van der Waals surface area contributed by atoms with E-state index in [1.54, 1.807) is 11.0 Å². The zero-order chi connectivity index (χ0) is 27.9. The lowest BCUT2D eigenvalue weighted by atomic mass is 9.89. The molecule has 1 saturated heterocycles. The highest BCUT2D eigenvalue weighted by atomic mass is 19.4. The highest BCUT2D eigenvalue weighted by Crippen LogP contribution is 2.31. The number of alkyl halides is 3. The summed E-state index contributed by atoms with van der Waals surface area (Å²) < 4.78 is 45.5. The summed E-state index contributed by atoms with van der Waals surface area (Å²) in [5.41, 5.74) is 2.62. The Balaban J connectivity index is 1.04. The number of halogens is 3. The number of nitrogens with one attached hydrogen (secondary N) is 1. The number of para-hydroxylation sites is 1. The van der Waals surface area contributed by atoms with E-state index < -0.39 is 11.7 Å². The minimum Gasteiger partial charge on any atom is -0.356 e. The van der Waals surface area contributed by atoms with Crippen molar-refractivity contribution in [2.45, 2.75) is 31.4 Å². The average Bonchev–Trinajstić information content (AvgIpc) is 3.57. The zero-order valence-electron chi connectivity index (χ0n) is 21.2. The van der Waals surface area contributed by atoms with Crippen molar-refractivity contribution in [3.05, 3.63) is 95.6 Å². The fraction of sp³-hybridized carbons (Fsp3) is 0.241. The van der Waals surface area contributed by atoms with Crippen LogP contribution in [0, 0.1) is 0 Å². The van der Waals surface area contributed by atoms with Gasteiger partial charge in [0, 0.05) is 36.6 Å². The van der Waals surface area contributed by atoms with Gasteiger partial charge < -0.3 is 19.1 Å². The van der Waals surface area contributed by atoms with Crippen LogP contribution in [-0.4, -0.2) is 44.3 Å². The standard InChI is InChI=1S/C29H24F3N5O3/c30-29(31,32)20-7-10-26-34-24(17-37(26)16-20)28(39)36-13-11-19(12-14-36)18-5-8-21(9-6-18)33-27(38)15-23-22-3-1-2-4-25(22)40-35-23/h1-10,16-17,19H,11-15H2,(H,33,38). The van der Waals surface area contributed by atoms with E-state index in [1.807, 2.05) is 42.5 Å². The molecule has 0 unspecified atom stereocenters. The predicted molar refractivity (Wildman–Crippen MR) is 141 cm³/mol. The third kappa shape index (κ3) is 5.14. The van der Waals surface area contributed by atoms with Crippen LogP contribution >= 0.6 is 0 Å². The molecule has 0 bridgehead atoms. The summed E-state index contributed by atoms with van der Waals surface area (Å²) >= 11 is 0. The third-order valence-electron chi connectivity index (χ3n) is 7.23. The van der Waals surface area contributed by atoms with Gasteiger partial charge in [-0.15, -0.1) is 0 Å². The number of rotatable bonds is 5. The lowest BCUT2D eigenvalue weighted by Crippen LogP contribution is -2.38. The van der Waals surface area contributed by atoms with Crippen molar-refractivity contribution >= 4 is 34.1 Å². The Labute approximate surface area is 226 Å². The zero-order valence-corrected chi connectivity index (χ0v) is 21.2.